The molecule has 28 heavy (non-hydrogen) atoms. The number of amides is 2. The highest BCUT2D eigenvalue weighted by molar-refractivity contribution is 5.74. The van der Waals surface area contributed by atoms with E-state index >= 15 is 0 Å². The lowest BCUT2D eigenvalue weighted by atomic mass is 9.92. The number of hydrogen-bond donors (Lipinski definition) is 1. The normalized spacial score (nSPS) is 16.0. The molecule has 2 aromatic carbocycles. The minimum Gasteiger partial charge on any atom is -0.338 e. The second-order valence-corrected chi connectivity index (χ2v) is 7.78. The molecule has 0 unspecified atom stereocenters. The highest BCUT2D eigenvalue weighted by Gasteiger charge is 2.28. The van der Waals surface area contributed by atoms with Crippen LogP contribution in [0.15, 0.2) is 48.5 Å². The Morgan fingerprint density at radius 2 is 1.75 bits per heavy atom. The average molecular weight is 380 g/mol. The van der Waals surface area contributed by atoms with Crippen LogP contribution in [-0.2, 0) is 0 Å². The van der Waals surface area contributed by atoms with E-state index in [1.54, 1.807) is 0 Å². The third kappa shape index (κ3) is 4.93. The standard InChI is InChI=1S/C24H33N3O/c1-4-5-13-25-24(28)27-16-14-26(15-17-27)23(21-9-7-6-8-10-21)22-18-19(2)11-12-20(22)3/h6-12,18,23H,4-5,13-17H2,1-3H3,(H,25,28)/t23-/m1/s1. The first-order chi connectivity index (χ1) is 13.6. The van der Waals surface area contributed by atoms with E-state index in [0.29, 0.717) is 0 Å². The van der Waals surface area contributed by atoms with Gasteiger partial charge < -0.3 is 10.2 Å². The zero-order chi connectivity index (χ0) is 19.9. The number of benzene rings is 2. The fourth-order valence-electron chi connectivity index (χ4n) is 3.94. The van der Waals surface area contributed by atoms with Crippen LogP contribution in [0.2, 0.25) is 0 Å². The molecule has 4 nitrogen and oxygen atoms in total. The van der Waals surface area contributed by atoms with Crippen LogP contribution in [0.3, 0.4) is 0 Å². The number of carbonyl (C=O) groups is 1. The fraction of sp³-hybridized carbons (Fsp3) is 0.458. The molecule has 0 radical (unpaired) electrons. The van der Waals surface area contributed by atoms with Crippen LogP contribution < -0.4 is 5.32 Å². The summed E-state index contributed by atoms with van der Waals surface area (Å²) in [4.78, 5) is 16.9. The Morgan fingerprint density at radius 1 is 1.04 bits per heavy atom. The summed E-state index contributed by atoms with van der Waals surface area (Å²) in [5.74, 6) is 0. The maximum atomic E-state index is 12.4. The van der Waals surface area contributed by atoms with E-state index in [-0.39, 0.29) is 12.1 Å². The number of piperazine rings is 1. The molecule has 0 aliphatic carbocycles. The zero-order valence-electron chi connectivity index (χ0n) is 17.4. The SMILES string of the molecule is CCCCNC(=O)N1CCN([C@H](c2ccccc2)c2cc(C)ccc2C)CC1. The van der Waals surface area contributed by atoms with Crippen molar-refractivity contribution in [1.82, 2.24) is 15.1 Å². The Balaban J connectivity index is 1.76. The third-order valence-electron chi connectivity index (χ3n) is 5.62. The molecule has 150 valence electrons. The lowest BCUT2D eigenvalue weighted by Gasteiger charge is -2.40. The van der Waals surface area contributed by atoms with Crippen molar-refractivity contribution in [3.63, 3.8) is 0 Å². The van der Waals surface area contributed by atoms with Crippen LogP contribution in [0.5, 0.6) is 0 Å². The molecule has 2 aromatic rings. The second-order valence-electron chi connectivity index (χ2n) is 7.78. The van der Waals surface area contributed by atoms with Gasteiger partial charge in [-0.3, -0.25) is 4.90 Å². The number of urea groups is 1. The summed E-state index contributed by atoms with van der Waals surface area (Å²) in [5, 5.41) is 3.05. The van der Waals surface area contributed by atoms with Crippen molar-refractivity contribution >= 4 is 6.03 Å². The van der Waals surface area contributed by atoms with E-state index in [9.17, 15) is 4.79 Å². The molecular weight excluding hydrogens is 346 g/mol. The van der Waals surface area contributed by atoms with E-state index < -0.39 is 0 Å². The Bertz CT molecular complexity index is 767. The van der Waals surface area contributed by atoms with Crippen LogP contribution in [0.1, 0.15) is 48.1 Å². The van der Waals surface area contributed by atoms with E-state index in [1.165, 1.54) is 22.3 Å². The summed E-state index contributed by atoms with van der Waals surface area (Å²) < 4.78 is 0. The van der Waals surface area contributed by atoms with Gasteiger partial charge in [-0.1, -0.05) is 67.4 Å². The van der Waals surface area contributed by atoms with Gasteiger partial charge in [-0.05, 0) is 37.0 Å². The number of hydrogen-bond acceptors (Lipinski definition) is 2. The van der Waals surface area contributed by atoms with Crippen molar-refractivity contribution in [2.75, 3.05) is 32.7 Å². The molecule has 4 heteroatoms. The molecule has 1 heterocycles. The van der Waals surface area contributed by atoms with Crippen molar-refractivity contribution in [3.05, 3.63) is 70.8 Å². The summed E-state index contributed by atoms with van der Waals surface area (Å²) in [6, 6.07) is 17.8. The van der Waals surface area contributed by atoms with Crippen LogP contribution >= 0.6 is 0 Å². The highest BCUT2D eigenvalue weighted by Crippen LogP contribution is 2.32. The molecule has 1 aliphatic heterocycles. The van der Waals surface area contributed by atoms with E-state index in [0.717, 1.165) is 45.6 Å². The molecule has 0 spiro atoms. The van der Waals surface area contributed by atoms with Gasteiger partial charge in [-0.15, -0.1) is 0 Å². The topological polar surface area (TPSA) is 35.6 Å². The molecule has 1 atom stereocenters. The summed E-state index contributed by atoms with van der Waals surface area (Å²) in [6.07, 6.45) is 2.14. The molecule has 1 N–H and O–H groups in total. The van der Waals surface area contributed by atoms with Crippen LogP contribution in [-0.4, -0.2) is 48.6 Å². The quantitative estimate of drug-likeness (QED) is 0.749. The minimum absolute atomic E-state index is 0.0797. The summed E-state index contributed by atoms with van der Waals surface area (Å²) in [5.41, 5.74) is 5.29. The van der Waals surface area contributed by atoms with E-state index in [1.807, 2.05) is 4.90 Å². The van der Waals surface area contributed by atoms with Crippen LogP contribution in [0.4, 0.5) is 4.79 Å². The number of rotatable bonds is 6. The molecule has 0 bridgehead atoms. The Kier molecular flexibility index (Phi) is 7.10. The van der Waals surface area contributed by atoms with E-state index in [4.69, 9.17) is 0 Å². The van der Waals surface area contributed by atoms with Crippen LogP contribution in [0, 0.1) is 13.8 Å². The highest BCUT2D eigenvalue weighted by atomic mass is 16.2. The largest absolute Gasteiger partial charge is 0.338 e. The molecule has 0 aromatic heterocycles. The van der Waals surface area contributed by atoms with Gasteiger partial charge in [0.2, 0.25) is 0 Å². The molecule has 1 aliphatic rings. The maximum Gasteiger partial charge on any atom is 0.317 e. The van der Waals surface area contributed by atoms with Crippen molar-refractivity contribution in [2.45, 2.75) is 39.7 Å². The van der Waals surface area contributed by atoms with Gasteiger partial charge in [0.25, 0.3) is 0 Å². The van der Waals surface area contributed by atoms with Crippen molar-refractivity contribution in [1.29, 1.82) is 0 Å². The van der Waals surface area contributed by atoms with Gasteiger partial charge in [0.15, 0.2) is 0 Å². The smallest absolute Gasteiger partial charge is 0.317 e. The molecular formula is C24H33N3O. The number of aryl methyl sites for hydroxylation is 2. The Labute approximate surface area is 169 Å². The second kappa shape index (κ2) is 9.74. The minimum atomic E-state index is 0.0797. The van der Waals surface area contributed by atoms with Gasteiger partial charge >= 0.3 is 6.03 Å². The van der Waals surface area contributed by atoms with Crippen molar-refractivity contribution in [2.24, 2.45) is 0 Å². The zero-order valence-corrected chi connectivity index (χ0v) is 17.4. The van der Waals surface area contributed by atoms with Gasteiger partial charge in [-0.25, -0.2) is 4.79 Å². The lowest BCUT2D eigenvalue weighted by Crippen LogP contribution is -2.52. The van der Waals surface area contributed by atoms with Gasteiger partial charge in [0, 0.05) is 32.7 Å². The predicted molar refractivity (Wildman–Crippen MR) is 116 cm³/mol. The molecule has 1 fully saturated rings. The first-order valence-electron chi connectivity index (χ1n) is 10.5. The average Bonchev–Trinajstić information content (AvgIpc) is 2.72. The van der Waals surface area contributed by atoms with Gasteiger partial charge in [0.1, 0.15) is 0 Å². The summed E-state index contributed by atoms with van der Waals surface area (Å²) in [7, 11) is 0. The van der Waals surface area contributed by atoms with Gasteiger partial charge in [0.05, 0.1) is 6.04 Å². The first kappa shape index (κ1) is 20.4. The Hall–Kier alpha value is -2.33. The monoisotopic (exact) mass is 379 g/mol. The molecule has 2 amide bonds. The number of carbonyl (C=O) groups excluding carboxylic acids is 1. The molecule has 1 saturated heterocycles. The first-order valence-corrected chi connectivity index (χ1v) is 10.5. The van der Waals surface area contributed by atoms with Crippen molar-refractivity contribution < 1.29 is 4.79 Å². The Morgan fingerprint density at radius 3 is 2.43 bits per heavy atom. The number of nitrogens with one attached hydrogen (secondary N) is 1. The predicted octanol–water partition coefficient (Wildman–Crippen LogP) is 4.52. The summed E-state index contributed by atoms with van der Waals surface area (Å²) >= 11 is 0. The number of nitrogens with zero attached hydrogens (tertiary/aromatic N) is 2. The van der Waals surface area contributed by atoms with Crippen molar-refractivity contribution in [3.8, 4) is 0 Å². The third-order valence-corrected chi connectivity index (χ3v) is 5.62. The lowest BCUT2D eigenvalue weighted by molar-refractivity contribution is 0.120. The molecule has 3 rings (SSSR count). The van der Waals surface area contributed by atoms with E-state index in [2.05, 4.69) is 79.5 Å². The summed E-state index contributed by atoms with van der Waals surface area (Å²) in [6.45, 7) is 10.6. The molecule has 0 saturated carbocycles. The van der Waals surface area contributed by atoms with Gasteiger partial charge in [-0.2, -0.15) is 0 Å². The number of unbranched alkanes of at least 4 members (excludes halogenated alkanes) is 1. The van der Waals surface area contributed by atoms with Crippen LogP contribution in [0.25, 0.3) is 0 Å². The maximum absolute atomic E-state index is 12.4. The fourth-order valence-corrected chi connectivity index (χ4v) is 3.94.